The van der Waals surface area contributed by atoms with Gasteiger partial charge < -0.3 is 10.3 Å². The van der Waals surface area contributed by atoms with Crippen molar-refractivity contribution in [2.45, 2.75) is 24.1 Å². The summed E-state index contributed by atoms with van der Waals surface area (Å²) in [5.41, 5.74) is 3.23. The van der Waals surface area contributed by atoms with Gasteiger partial charge in [0.15, 0.2) is 0 Å². The zero-order valence-corrected chi connectivity index (χ0v) is 14.6. The van der Waals surface area contributed by atoms with E-state index in [9.17, 15) is 4.79 Å². The van der Waals surface area contributed by atoms with E-state index in [1.165, 1.54) is 10.9 Å². The van der Waals surface area contributed by atoms with Gasteiger partial charge in [-0.15, -0.1) is 11.3 Å². The van der Waals surface area contributed by atoms with E-state index >= 15 is 0 Å². The molecule has 1 aromatic carbocycles. The number of benzene rings is 1. The summed E-state index contributed by atoms with van der Waals surface area (Å²) in [4.78, 5) is 19.7. The first-order valence-electron chi connectivity index (χ1n) is 7.65. The number of fused-ring (bicyclic) bond motifs is 1. The standard InChI is InChI=1S/C17H19N3OS2/c1-2-22-17-20-13(11-23-17)9-16(21)18-8-7-12-10-19-15-6-4-3-5-14(12)15/h3-6,10-11,19H,2,7-9H2,1H3,(H,18,21). The summed E-state index contributed by atoms with van der Waals surface area (Å²) in [5.74, 6) is 1.03. The lowest BCUT2D eigenvalue weighted by atomic mass is 10.1. The molecule has 2 N–H and O–H groups in total. The van der Waals surface area contributed by atoms with Gasteiger partial charge in [-0.3, -0.25) is 4.79 Å². The highest BCUT2D eigenvalue weighted by molar-refractivity contribution is 8.00. The Hall–Kier alpha value is -1.79. The van der Waals surface area contributed by atoms with Crippen molar-refractivity contribution in [1.82, 2.24) is 15.3 Å². The van der Waals surface area contributed by atoms with Crippen molar-refractivity contribution in [1.29, 1.82) is 0 Å². The van der Waals surface area contributed by atoms with Crippen molar-refractivity contribution >= 4 is 39.9 Å². The fraction of sp³-hybridized carbons (Fsp3) is 0.294. The molecule has 0 aliphatic rings. The van der Waals surface area contributed by atoms with E-state index in [1.54, 1.807) is 23.1 Å². The highest BCUT2D eigenvalue weighted by Gasteiger charge is 2.08. The Morgan fingerprint density at radius 1 is 1.39 bits per heavy atom. The van der Waals surface area contributed by atoms with Crippen molar-refractivity contribution in [3.63, 3.8) is 0 Å². The van der Waals surface area contributed by atoms with Gasteiger partial charge >= 0.3 is 0 Å². The number of carbonyl (C=O) groups excluding carboxylic acids is 1. The fourth-order valence-corrected chi connectivity index (χ4v) is 4.20. The van der Waals surface area contributed by atoms with Gasteiger partial charge in [0, 0.05) is 29.0 Å². The maximum absolute atomic E-state index is 12.0. The Kier molecular flexibility index (Phi) is 5.35. The summed E-state index contributed by atoms with van der Waals surface area (Å²) in [7, 11) is 0. The fourth-order valence-electron chi connectivity index (χ4n) is 2.46. The first kappa shape index (κ1) is 16.1. The van der Waals surface area contributed by atoms with Crippen molar-refractivity contribution in [2.24, 2.45) is 0 Å². The number of carbonyl (C=O) groups is 1. The van der Waals surface area contributed by atoms with Crippen LogP contribution in [0, 0.1) is 0 Å². The number of amides is 1. The monoisotopic (exact) mass is 345 g/mol. The van der Waals surface area contributed by atoms with Crippen LogP contribution in [0.2, 0.25) is 0 Å². The Morgan fingerprint density at radius 2 is 2.26 bits per heavy atom. The molecule has 0 fully saturated rings. The van der Waals surface area contributed by atoms with E-state index in [4.69, 9.17) is 0 Å². The van der Waals surface area contributed by atoms with Gasteiger partial charge in [-0.25, -0.2) is 4.98 Å². The average Bonchev–Trinajstić information content (AvgIpc) is 3.15. The highest BCUT2D eigenvalue weighted by atomic mass is 32.2. The summed E-state index contributed by atoms with van der Waals surface area (Å²) in [5, 5.41) is 6.17. The van der Waals surface area contributed by atoms with Gasteiger partial charge in [0.1, 0.15) is 4.34 Å². The first-order chi connectivity index (χ1) is 11.3. The molecule has 23 heavy (non-hydrogen) atoms. The maximum atomic E-state index is 12.0. The van der Waals surface area contributed by atoms with Crippen LogP contribution < -0.4 is 5.32 Å². The molecule has 0 saturated heterocycles. The normalized spacial score (nSPS) is 11.0. The number of thioether (sulfide) groups is 1. The number of H-pyrrole nitrogens is 1. The Balaban J connectivity index is 1.49. The van der Waals surface area contributed by atoms with E-state index in [1.807, 2.05) is 23.7 Å². The zero-order chi connectivity index (χ0) is 16.1. The third kappa shape index (κ3) is 4.14. The number of hydrogen-bond donors (Lipinski definition) is 2. The van der Waals surface area contributed by atoms with Crippen LogP contribution in [0.4, 0.5) is 0 Å². The van der Waals surface area contributed by atoms with Crippen molar-refractivity contribution in [2.75, 3.05) is 12.3 Å². The molecule has 0 atom stereocenters. The van der Waals surface area contributed by atoms with Crippen LogP contribution in [0.25, 0.3) is 10.9 Å². The third-order valence-electron chi connectivity index (χ3n) is 3.53. The molecule has 0 saturated carbocycles. The molecule has 3 aromatic rings. The number of rotatable bonds is 7. The van der Waals surface area contributed by atoms with Gasteiger partial charge in [0.25, 0.3) is 0 Å². The quantitative estimate of drug-likeness (QED) is 0.643. The lowest BCUT2D eigenvalue weighted by molar-refractivity contribution is -0.120. The van der Waals surface area contributed by atoms with Crippen LogP contribution in [0.3, 0.4) is 0 Å². The van der Waals surface area contributed by atoms with Crippen LogP contribution >= 0.6 is 23.1 Å². The number of hydrogen-bond acceptors (Lipinski definition) is 4. The minimum atomic E-state index is 0.0307. The highest BCUT2D eigenvalue weighted by Crippen LogP contribution is 2.22. The Labute approximate surface area is 143 Å². The van der Waals surface area contributed by atoms with Gasteiger partial charge in [-0.1, -0.05) is 36.9 Å². The number of aromatic nitrogens is 2. The lowest BCUT2D eigenvalue weighted by Gasteiger charge is -2.03. The van der Waals surface area contributed by atoms with E-state index in [2.05, 4.69) is 34.3 Å². The van der Waals surface area contributed by atoms with E-state index in [-0.39, 0.29) is 5.91 Å². The molecule has 0 bridgehead atoms. The third-order valence-corrected chi connectivity index (χ3v) is 5.48. The second kappa shape index (κ2) is 7.66. The Bertz CT molecular complexity index is 794. The first-order valence-corrected chi connectivity index (χ1v) is 9.51. The summed E-state index contributed by atoms with van der Waals surface area (Å²) in [6, 6.07) is 8.21. The largest absolute Gasteiger partial charge is 0.361 e. The number of nitrogens with zero attached hydrogens (tertiary/aromatic N) is 1. The molecule has 0 aliphatic carbocycles. The average molecular weight is 345 g/mol. The molecule has 120 valence electrons. The molecule has 2 aromatic heterocycles. The molecule has 0 unspecified atom stereocenters. The van der Waals surface area contributed by atoms with Gasteiger partial charge in [0.2, 0.25) is 5.91 Å². The maximum Gasteiger partial charge on any atom is 0.226 e. The minimum Gasteiger partial charge on any atom is -0.361 e. The van der Waals surface area contributed by atoms with Crippen LogP contribution in [0.15, 0.2) is 40.2 Å². The molecule has 1 amide bonds. The number of aromatic amines is 1. The molecule has 3 rings (SSSR count). The van der Waals surface area contributed by atoms with Gasteiger partial charge in [0.05, 0.1) is 12.1 Å². The number of thiazole rings is 1. The van der Waals surface area contributed by atoms with Crippen LogP contribution in [-0.2, 0) is 17.6 Å². The van der Waals surface area contributed by atoms with E-state index < -0.39 is 0 Å². The van der Waals surface area contributed by atoms with Crippen molar-refractivity contribution in [3.8, 4) is 0 Å². The predicted octanol–water partition coefficient (Wildman–Crippen LogP) is 3.64. The number of nitrogens with one attached hydrogen (secondary N) is 2. The molecule has 0 spiro atoms. The topological polar surface area (TPSA) is 57.8 Å². The molecule has 2 heterocycles. The van der Waals surface area contributed by atoms with Crippen LogP contribution in [0.1, 0.15) is 18.2 Å². The second-order valence-corrected chi connectivity index (χ2v) is 7.54. The Morgan fingerprint density at radius 3 is 3.13 bits per heavy atom. The van der Waals surface area contributed by atoms with Gasteiger partial charge in [-0.05, 0) is 23.8 Å². The summed E-state index contributed by atoms with van der Waals surface area (Å²) in [6.07, 6.45) is 3.20. The SMILES string of the molecule is CCSc1nc(CC(=O)NCCc2c[nH]c3ccccc23)cs1. The van der Waals surface area contributed by atoms with E-state index in [0.29, 0.717) is 13.0 Å². The van der Waals surface area contributed by atoms with Gasteiger partial charge in [-0.2, -0.15) is 0 Å². The molecular formula is C17H19N3OS2. The predicted molar refractivity (Wildman–Crippen MR) is 97.2 cm³/mol. The number of para-hydroxylation sites is 1. The summed E-state index contributed by atoms with van der Waals surface area (Å²) < 4.78 is 1.04. The summed E-state index contributed by atoms with van der Waals surface area (Å²) in [6.45, 7) is 2.74. The van der Waals surface area contributed by atoms with Crippen molar-refractivity contribution < 1.29 is 4.79 Å². The zero-order valence-electron chi connectivity index (χ0n) is 13.0. The van der Waals surface area contributed by atoms with Crippen LogP contribution in [0.5, 0.6) is 0 Å². The smallest absolute Gasteiger partial charge is 0.226 e. The van der Waals surface area contributed by atoms with E-state index in [0.717, 1.165) is 27.7 Å². The molecule has 6 heteroatoms. The molecular weight excluding hydrogens is 326 g/mol. The minimum absolute atomic E-state index is 0.0307. The second-order valence-electron chi connectivity index (χ2n) is 5.17. The van der Waals surface area contributed by atoms with Crippen LogP contribution in [-0.4, -0.2) is 28.2 Å². The molecule has 4 nitrogen and oxygen atoms in total. The lowest BCUT2D eigenvalue weighted by Crippen LogP contribution is -2.27. The molecule has 0 radical (unpaired) electrons. The summed E-state index contributed by atoms with van der Waals surface area (Å²) >= 11 is 3.32. The van der Waals surface area contributed by atoms with Crippen molar-refractivity contribution in [3.05, 3.63) is 47.1 Å². The molecule has 0 aliphatic heterocycles.